The van der Waals surface area contributed by atoms with Gasteiger partial charge >= 0.3 is 6.61 Å². The zero-order chi connectivity index (χ0) is 20.0. The van der Waals surface area contributed by atoms with Gasteiger partial charge in [-0.05, 0) is 57.1 Å². The maximum absolute atomic E-state index is 12.5. The maximum atomic E-state index is 12.5. The second-order valence-electron chi connectivity index (χ2n) is 6.62. The smallest absolute Gasteiger partial charge is 0.387 e. The Labute approximate surface area is 159 Å². The zero-order valence-corrected chi connectivity index (χ0v) is 16.1. The Morgan fingerprint density at radius 1 is 1.15 bits per heavy atom. The van der Waals surface area contributed by atoms with Crippen LogP contribution in [0.15, 0.2) is 42.5 Å². The molecule has 1 amide bonds. The number of carbonyl (C=O) groups is 1. The number of nitrogens with zero attached hydrogens (tertiary/aromatic N) is 1. The summed E-state index contributed by atoms with van der Waals surface area (Å²) in [6.07, 6.45) is 0. The number of halogens is 2. The fourth-order valence-corrected chi connectivity index (χ4v) is 2.82. The molecule has 0 aliphatic carbocycles. The lowest BCUT2D eigenvalue weighted by molar-refractivity contribution is -0.0502. The van der Waals surface area contributed by atoms with Crippen LogP contribution in [0.2, 0.25) is 0 Å². The monoisotopic (exact) mass is 376 g/mol. The van der Waals surface area contributed by atoms with E-state index in [9.17, 15) is 13.6 Å². The van der Waals surface area contributed by atoms with Crippen molar-refractivity contribution in [2.45, 2.75) is 46.9 Å². The van der Waals surface area contributed by atoms with Gasteiger partial charge in [0.2, 0.25) is 0 Å². The molecule has 0 saturated carbocycles. The molecule has 0 fully saturated rings. The Morgan fingerprint density at radius 2 is 1.81 bits per heavy atom. The van der Waals surface area contributed by atoms with Crippen molar-refractivity contribution in [3.8, 4) is 5.75 Å². The number of alkyl halides is 2. The molecule has 1 N–H and O–H groups in total. The van der Waals surface area contributed by atoms with Gasteiger partial charge in [-0.3, -0.25) is 9.69 Å². The number of benzene rings is 2. The molecule has 2 rings (SSSR count). The topological polar surface area (TPSA) is 41.6 Å². The van der Waals surface area contributed by atoms with Gasteiger partial charge < -0.3 is 10.1 Å². The SMILES string of the molecule is CCN(Cc1ccc(C(=O)Nc2cccc(OC(F)F)c2C)cc1)C(C)C. The van der Waals surface area contributed by atoms with Gasteiger partial charge in [0.25, 0.3) is 5.91 Å². The van der Waals surface area contributed by atoms with Crippen LogP contribution in [0, 0.1) is 6.92 Å². The Balaban J connectivity index is 2.08. The van der Waals surface area contributed by atoms with Crippen molar-refractivity contribution in [1.29, 1.82) is 0 Å². The molecule has 0 radical (unpaired) electrons. The summed E-state index contributed by atoms with van der Waals surface area (Å²) >= 11 is 0. The summed E-state index contributed by atoms with van der Waals surface area (Å²) in [5.41, 5.74) is 2.54. The molecule has 2 aromatic carbocycles. The molecule has 0 atom stereocenters. The summed E-state index contributed by atoms with van der Waals surface area (Å²) in [6, 6.07) is 12.5. The zero-order valence-electron chi connectivity index (χ0n) is 16.1. The van der Waals surface area contributed by atoms with Crippen LogP contribution in [0.3, 0.4) is 0 Å². The highest BCUT2D eigenvalue weighted by molar-refractivity contribution is 6.04. The summed E-state index contributed by atoms with van der Waals surface area (Å²) in [5, 5.41) is 2.76. The Kier molecular flexibility index (Phi) is 7.30. The van der Waals surface area contributed by atoms with E-state index in [4.69, 9.17) is 0 Å². The van der Waals surface area contributed by atoms with E-state index in [0.717, 1.165) is 18.7 Å². The minimum atomic E-state index is -2.91. The minimum Gasteiger partial charge on any atom is -0.434 e. The highest BCUT2D eigenvalue weighted by Crippen LogP contribution is 2.27. The predicted molar refractivity (Wildman–Crippen MR) is 103 cm³/mol. The summed E-state index contributed by atoms with van der Waals surface area (Å²) in [4.78, 5) is 14.8. The molecule has 0 spiro atoms. The van der Waals surface area contributed by atoms with Crippen LogP contribution < -0.4 is 10.1 Å². The standard InChI is InChI=1S/C21H26F2N2O2/c1-5-25(14(2)3)13-16-9-11-17(12-10-16)20(26)24-18-7-6-8-19(15(18)4)27-21(22)23/h6-12,14,21H,5,13H2,1-4H3,(H,24,26). The van der Waals surface area contributed by atoms with Crippen LogP contribution in [0.4, 0.5) is 14.5 Å². The Bertz CT molecular complexity index is 761. The predicted octanol–water partition coefficient (Wildman–Crippen LogP) is 5.08. The molecular weight excluding hydrogens is 350 g/mol. The van der Waals surface area contributed by atoms with Gasteiger partial charge in [0, 0.05) is 29.4 Å². The Morgan fingerprint density at radius 3 is 2.37 bits per heavy atom. The quantitative estimate of drug-likeness (QED) is 0.699. The molecular formula is C21H26F2N2O2. The van der Waals surface area contributed by atoms with Crippen molar-refractivity contribution in [3.63, 3.8) is 0 Å². The van der Waals surface area contributed by atoms with Crippen LogP contribution >= 0.6 is 0 Å². The molecule has 27 heavy (non-hydrogen) atoms. The normalized spacial score (nSPS) is 11.3. The largest absolute Gasteiger partial charge is 0.434 e. The van der Waals surface area contributed by atoms with E-state index >= 15 is 0 Å². The van der Waals surface area contributed by atoms with Gasteiger partial charge in [-0.1, -0.05) is 25.1 Å². The number of hydrogen-bond donors (Lipinski definition) is 1. The van der Waals surface area contributed by atoms with Gasteiger partial charge in [-0.2, -0.15) is 8.78 Å². The van der Waals surface area contributed by atoms with E-state index in [-0.39, 0.29) is 11.7 Å². The second kappa shape index (κ2) is 9.46. The van der Waals surface area contributed by atoms with Crippen molar-refractivity contribution >= 4 is 11.6 Å². The highest BCUT2D eigenvalue weighted by atomic mass is 19.3. The van der Waals surface area contributed by atoms with E-state index in [2.05, 4.69) is 35.7 Å². The first-order valence-corrected chi connectivity index (χ1v) is 9.00. The average molecular weight is 376 g/mol. The van der Waals surface area contributed by atoms with Gasteiger partial charge in [0.15, 0.2) is 0 Å². The lowest BCUT2D eigenvalue weighted by Crippen LogP contribution is -2.29. The molecule has 0 aliphatic rings. The number of rotatable bonds is 8. The fraction of sp³-hybridized carbons (Fsp3) is 0.381. The van der Waals surface area contributed by atoms with Gasteiger partial charge in [-0.25, -0.2) is 0 Å². The maximum Gasteiger partial charge on any atom is 0.387 e. The van der Waals surface area contributed by atoms with E-state index in [1.165, 1.54) is 6.07 Å². The molecule has 0 heterocycles. The van der Waals surface area contributed by atoms with Crippen molar-refractivity contribution in [2.75, 3.05) is 11.9 Å². The van der Waals surface area contributed by atoms with Gasteiger partial charge in [0.1, 0.15) is 5.75 Å². The summed E-state index contributed by atoms with van der Waals surface area (Å²) < 4.78 is 29.4. The Hall–Kier alpha value is -2.47. The molecule has 0 aliphatic heterocycles. The first-order chi connectivity index (χ1) is 12.8. The van der Waals surface area contributed by atoms with Crippen LogP contribution in [0.1, 0.15) is 42.3 Å². The van der Waals surface area contributed by atoms with Crippen molar-refractivity contribution < 1.29 is 18.3 Å². The number of nitrogens with one attached hydrogen (secondary N) is 1. The van der Waals surface area contributed by atoms with Gasteiger partial charge in [-0.15, -0.1) is 0 Å². The summed E-state index contributed by atoms with van der Waals surface area (Å²) in [5.74, 6) is -0.249. The summed E-state index contributed by atoms with van der Waals surface area (Å²) in [6.45, 7) is 6.92. The second-order valence-corrected chi connectivity index (χ2v) is 6.62. The third-order valence-corrected chi connectivity index (χ3v) is 4.49. The molecule has 0 aromatic heterocycles. The van der Waals surface area contributed by atoms with Crippen molar-refractivity contribution in [2.24, 2.45) is 0 Å². The highest BCUT2D eigenvalue weighted by Gasteiger charge is 2.13. The lowest BCUT2D eigenvalue weighted by Gasteiger charge is -2.24. The average Bonchev–Trinajstić information content (AvgIpc) is 2.62. The third-order valence-electron chi connectivity index (χ3n) is 4.49. The van der Waals surface area contributed by atoms with Crippen LogP contribution in [0.5, 0.6) is 5.75 Å². The molecule has 6 heteroatoms. The number of anilines is 1. The lowest BCUT2D eigenvalue weighted by atomic mass is 10.1. The van der Waals surface area contributed by atoms with E-state index in [0.29, 0.717) is 22.9 Å². The summed E-state index contributed by atoms with van der Waals surface area (Å²) in [7, 11) is 0. The first kappa shape index (κ1) is 20.8. The molecule has 2 aromatic rings. The fourth-order valence-electron chi connectivity index (χ4n) is 2.82. The number of hydrogen-bond acceptors (Lipinski definition) is 3. The molecule has 0 saturated heterocycles. The van der Waals surface area contributed by atoms with E-state index in [1.54, 1.807) is 31.2 Å². The minimum absolute atomic E-state index is 0.0477. The molecule has 4 nitrogen and oxygen atoms in total. The van der Waals surface area contributed by atoms with Crippen LogP contribution in [-0.2, 0) is 6.54 Å². The van der Waals surface area contributed by atoms with Crippen LogP contribution in [-0.4, -0.2) is 30.0 Å². The number of amides is 1. The van der Waals surface area contributed by atoms with Gasteiger partial charge in [0.05, 0.1) is 0 Å². The van der Waals surface area contributed by atoms with E-state index < -0.39 is 6.61 Å². The number of carbonyl (C=O) groups excluding carboxylic acids is 1. The molecule has 0 unspecified atom stereocenters. The van der Waals surface area contributed by atoms with Crippen molar-refractivity contribution in [1.82, 2.24) is 4.90 Å². The first-order valence-electron chi connectivity index (χ1n) is 9.00. The molecule has 0 bridgehead atoms. The molecule has 146 valence electrons. The number of ether oxygens (including phenoxy) is 1. The third kappa shape index (κ3) is 5.76. The van der Waals surface area contributed by atoms with Crippen LogP contribution in [0.25, 0.3) is 0 Å². The van der Waals surface area contributed by atoms with E-state index in [1.807, 2.05) is 12.1 Å². The van der Waals surface area contributed by atoms with Crippen molar-refractivity contribution in [3.05, 3.63) is 59.2 Å².